The predicted molar refractivity (Wildman–Crippen MR) is 62.3 cm³/mol. The molecule has 0 aliphatic heterocycles. The highest BCUT2D eigenvalue weighted by Gasteiger charge is 2.17. The van der Waals surface area contributed by atoms with E-state index in [9.17, 15) is 14.5 Å². The molecular formula is C9H10BrFN2O4. The van der Waals surface area contributed by atoms with Gasteiger partial charge in [0.15, 0.2) is 0 Å². The van der Waals surface area contributed by atoms with Crippen molar-refractivity contribution in [3.05, 3.63) is 32.5 Å². The number of aliphatic hydroxyl groups is 2. The number of nitrogens with zero attached hydrogens (tertiary/aromatic N) is 1. The molecular weight excluding hydrogens is 299 g/mol. The van der Waals surface area contributed by atoms with Crippen LogP contribution in [0, 0.1) is 15.9 Å². The zero-order valence-corrected chi connectivity index (χ0v) is 10.1. The molecule has 0 aliphatic carbocycles. The number of nitrogens with one attached hydrogen (secondary N) is 1. The Balaban J connectivity index is 2.96. The molecule has 6 nitrogen and oxygen atoms in total. The van der Waals surface area contributed by atoms with Crippen LogP contribution < -0.4 is 5.32 Å². The first kappa shape index (κ1) is 13.8. The van der Waals surface area contributed by atoms with E-state index in [-0.39, 0.29) is 22.4 Å². The first-order valence-corrected chi connectivity index (χ1v) is 5.41. The summed E-state index contributed by atoms with van der Waals surface area (Å²) in [4.78, 5) is 10.0. The maximum atomic E-state index is 13.2. The number of nitro groups is 1. The van der Waals surface area contributed by atoms with Crippen LogP contribution in [0.25, 0.3) is 0 Å². The Bertz CT molecular complexity index is 430. The Morgan fingerprint density at radius 3 is 2.76 bits per heavy atom. The molecule has 8 heteroatoms. The molecule has 0 spiro atoms. The van der Waals surface area contributed by atoms with E-state index in [1.165, 1.54) is 0 Å². The van der Waals surface area contributed by atoms with Crippen molar-refractivity contribution in [1.82, 2.24) is 0 Å². The second-order valence-corrected chi connectivity index (χ2v) is 4.11. The maximum absolute atomic E-state index is 13.2. The van der Waals surface area contributed by atoms with Crippen LogP contribution in [0.2, 0.25) is 0 Å². The molecule has 0 heterocycles. The Hall–Kier alpha value is -1.25. The summed E-state index contributed by atoms with van der Waals surface area (Å²) < 4.78 is 13.2. The lowest BCUT2D eigenvalue weighted by molar-refractivity contribution is -0.384. The van der Waals surface area contributed by atoms with Gasteiger partial charge in [-0.3, -0.25) is 10.1 Å². The van der Waals surface area contributed by atoms with Crippen molar-refractivity contribution in [3.63, 3.8) is 0 Å². The van der Waals surface area contributed by atoms with Crippen LogP contribution >= 0.6 is 15.9 Å². The average molecular weight is 309 g/mol. The average Bonchev–Trinajstić information content (AvgIpc) is 2.29. The van der Waals surface area contributed by atoms with Crippen LogP contribution in [0.3, 0.4) is 0 Å². The van der Waals surface area contributed by atoms with Crippen molar-refractivity contribution in [3.8, 4) is 0 Å². The molecule has 0 fully saturated rings. The first-order chi connectivity index (χ1) is 7.95. The van der Waals surface area contributed by atoms with Crippen LogP contribution in [0.1, 0.15) is 0 Å². The molecule has 0 aliphatic rings. The number of nitro benzene ring substituents is 1. The van der Waals surface area contributed by atoms with Gasteiger partial charge in [-0.15, -0.1) is 0 Å². The molecule has 0 amide bonds. The third-order valence-corrected chi connectivity index (χ3v) is 2.58. The maximum Gasteiger partial charge on any atom is 0.293 e. The van der Waals surface area contributed by atoms with Crippen molar-refractivity contribution in [1.29, 1.82) is 0 Å². The van der Waals surface area contributed by atoms with E-state index in [1.54, 1.807) is 0 Å². The highest BCUT2D eigenvalue weighted by molar-refractivity contribution is 9.10. The largest absolute Gasteiger partial charge is 0.394 e. The van der Waals surface area contributed by atoms with E-state index in [4.69, 9.17) is 10.2 Å². The van der Waals surface area contributed by atoms with Gasteiger partial charge in [0.1, 0.15) is 11.5 Å². The number of halogens is 2. The number of benzene rings is 1. The minimum Gasteiger partial charge on any atom is -0.394 e. The molecule has 0 saturated heterocycles. The number of hydrogen-bond donors (Lipinski definition) is 3. The fourth-order valence-electron chi connectivity index (χ4n) is 1.12. The summed E-state index contributed by atoms with van der Waals surface area (Å²) >= 11 is 2.85. The van der Waals surface area contributed by atoms with Gasteiger partial charge in [0.05, 0.1) is 22.1 Å². The third kappa shape index (κ3) is 3.62. The fourth-order valence-corrected chi connectivity index (χ4v) is 1.45. The summed E-state index contributed by atoms with van der Waals surface area (Å²) in [6.07, 6.45) is -1.07. The Labute approximate surface area is 104 Å². The summed E-state index contributed by atoms with van der Waals surface area (Å²) in [5, 5.41) is 30.9. The quantitative estimate of drug-likeness (QED) is 0.562. The van der Waals surface area contributed by atoms with E-state index in [2.05, 4.69) is 21.2 Å². The Kier molecular flexibility index (Phi) is 4.79. The van der Waals surface area contributed by atoms with Crippen molar-refractivity contribution in [2.45, 2.75) is 6.10 Å². The number of anilines is 1. The highest BCUT2D eigenvalue weighted by atomic mass is 79.9. The second kappa shape index (κ2) is 5.89. The van der Waals surface area contributed by atoms with Gasteiger partial charge in [-0.2, -0.15) is 0 Å². The van der Waals surface area contributed by atoms with E-state index in [0.29, 0.717) is 0 Å². The molecule has 0 aromatic heterocycles. The van der Waals surface area contributed by atoms with Crippen molar-refractivity contribution in [2.24, 2.45) is 0 Å². The first-order valence-electron chi connectivity index (χ1n) is 4.62. The molecule has 1 aromatic rings. The Morgan fingerprint density at radius 2 is 2.24 bits per heavy atom. The molecule has 3 N–H and O–H groups in total. The summed E-state index contributed by atoms with van der Waals surface area (Å²) in [5.74, 6) is -0.656. The van der Waals surface area contributed by atoms with Gasteiger partial charge in [0, 0.05) is 18.7 Å². The summed E-state index contributed by atoms with van der Waals surface area (Å²) in [6.45, 7) is -0.599. The van der Waals surface area contributed by atoms with Gasteiger partial charge < -0.3 is 15.5 Å². The standard InChI is InChI=1S/C9H10BrFN2O4/c10-6-1-9(13(16)17)8(2-7(6)11)12-3-5(15)4-14/h1-2,5,12,14-15H,3-4H2. The van der Waals surface area contributed by atoms with Gasteiger partial charge in [-0.05, 0) is 15.9 Å². The van der Waals surface area contributed by atoms with Gasteiger partial charge >= 0.3 is 0 Å². The van der Waals surface area contributed by atoms with Gasteiger partial charge in [0.2, 0.25) is 0 Å². The highest BCUT2D eigenvalue weighted by Crippen LogP contribution is 2.30. The predicted octanol–water partition coefficient (Wildman–Crippen LogP) is 1.26. The fraction of sp³-hybridized carbons (Fsp3) is 0.333. The zero-order chi connectivity index (χ0) is 13.0. The van der Waals surface area contributed by atoms with Crippen molar-refractivity contribution >= 4 is 27.3 Å². The minimum absolute atomic E-state index is 0.0162. The SMILES string of the molecule is O=[N+]([O-])c1cc(Br)c(F)cc1NCC(O)CO. The van der Waals surface area contributed by atoms with E-state index in [0.717, 1.165) is 12.1 Å². The molecule has 0 radical (unpaired) electrons. The lowest BCUT2D eigenvalue weighted by atomic mass is 10.2. The summed E-state index contributed by atoms with van der Waals surface area (Å²) in [6, 6.07) is 1.98. The van der Waals surface area contributed by atoms with Crippen LogP contribution in [-0.2, 0) is 0 Å². The minimum atomic E-state index is -1.07. The molecule has 1 unspecified atom stereocenters. The lowest BCUT2D eigenvalue weighted by Gasteiger charge is -2.10. The summed E-state index contributed by atoms with van der Waals surface area (Å²) in [7, 11) is 0. The number of rotatable bonds is 5. The van der Waals surface area contributed by atoms with E-state index >= 15 is 0 Å². The van der Waals surface area contributed by atoms with Crippen molar-refractivity contribution in [2.75, 3.05) is 18.5 Å². The monoisotopic (exact) mass is 308 g/mol. The van der Waals surface area contributed by atoms with Crippen LogP contribution in [0.5, 0.6) is 0 Å². The molecule has 1 atom stereocenters. The summed E-state index contributed by atoms with van der Waals surface area (Å²) in [5.41, 5.74) is -0.369. The van der Waals surface area contributed by atoms with Gasteiger partial charge in [0.25, 0.3) is 5.69 Å². The zero-order valence-electron chi connectivity index (χ0n) is 8.56. The van der Waals surface area contributed by atoms with Crippen LogP contribution in [-0.4, -0.2) is 34.4 Å². The topological polar surface area (TPSA) is 95.6 Å². The smallest absolute Gasteiger partial charge is 0.293 e. The van der Waals surface area contributed by atoms with Gasteiger partial charge in [-0.25, -0.2) is 4.39 Å². The number of aliphatic hydroxyl groups excluding tert-OH is 2. The Morgan fingerprint density at radius 1 is 1.59 bits per heavy atom. The van der Waals surface area contributed by atoms with E-state index < -0.39 is 23.5 Å². The van der Waals surface area contributed by atoms with Crippen LogP contribution in [0.15, 0.2) is 16.6 Å². The van der Waals surface area contributed by atoms with Crippen molar-refractivity contribution < 1.29 is 19.5 Å². The van der Waals surface area contributed by atoms with Crippen LogP contribution in [0.4, 0.5) is 15.8 Å². The second-order valence-electron chi connectivity index (χ2n) is 3.26. The third-order valence-electron chi connectivity index (χ3n) is 1.97. The van der Waals surface area contributed by atoms with E-state index in [1.807, 2.05) is 0 Å². The normalized spacial score (nSPS) is 12.2. The number of hydrogen-bond acceptors (Lipinski definition) is 5. The molecule has 94 valence electrons. The molecule has 0 saturated carbocycles. The molecule has 1 rings (SSSR count). The molecule has 0 bridgehead atoms. The lowest BCUT2D eigenvalue weighted by Crippen LogP contribution is -2.23. The molecule has 17 heavy (non-hydrogen) atoms. The molecule has 1 aromatic carbocycles. The van der Waals surface area contributed by atoms with Gasteiger partial charge in [-0.1, -0.05) is 0 Å².